The van der Waals surface area contributed by atoms with E-state index in [1.807, 2.05) is 30.5 Å². The highest BCUT2D eigenvalue weighted by molar-refractivity contribution is 9.10. The van der Waals surface area contributed by atoms with E-state index in [9.17, 15) is 0 Å². The predicted octanol–water partition coefficient (Wildman–Crippen LogP) is 3.33. The van der Waals surface area contributed by atoms with Gasteiger partial charge < -0.3 is 0 Å². The molecule has 0 amide bonds. The van der Waals surface area contributed by atoms with E-state index in [0.717, 1.165) is 14.9 Å². The molecule has 0 bridgehead atoms. The van der Waals surface area contributed by atoms with E-state index in [4.69, 9.17) is 5.26 Å². The first-order chi connectivity index (χ1) is 5.24. The van der Waals surface area contributed by atoms with Crippen molar-refractivity contribution in [2.75, 3.05) is 0 Å². The van der Waals surface area contributed by atoms with Crippen molar-refractivity contribution in [3.63, 3.8) is 0 Å². The molecule has 0 spiro atoms. The lowest BCUT2D eigenvalue weighted by Gasteiger charge is -1.98. The van der Waals surface area contributed by atoms with Gasteiger partial charge in [-0.15, -0.1) is 0 Å². The summed E-state index contributed by atoms with van der Waals surface area (Å²) in [5.41, 5.74) is 1.16. The number of hydrogen-bond donors (Lipinski definition) is 0. The van der Waals surface area contributed by atoms with Gasteiger partial charge in [-0.25, -0.2) is 0 Å². The average molecular weight is 228 g/mol. The molecule has 1 aromatic carbocycles. The van der Waals surface area contributed by atoms with Gasteiger partial charge in [-0.1, -0.05) is 15.9 Å². The first-order valence-electron chi connectivity index (χ1n) is 3.06. The highest BCUT2D eigenvalue weighted by Crippen LogP contribution is 2.23. The van der Waals surface area contributed by atoms with Gasteiger partial charge in [0.05, 0.1) is 0 Å². The molecule has 0 heterocycles. The average Bonchev–Trinajstić information content (AvgIpc) is 1.98. The van der Waals surface area contributed by atoms with Crippen molar-refractivity contribution >= 4 is 27.7 Å². The van der Waals surface area contributed by atoms with E-state index >= 15 is 0 Å². The molecule has 1 aromatic rings. The van der Waals surface area contributed by atoms with Gasteiger partial charge in [-0.2, -0.15) is 5.26 Å². The van der Waals surface area contributed by atoms with Gasteiger partial charge in [-0.05, 0) is 42.4 Å². The van der Waals surface area contributed by atoms with Gasteiger partial charge >= 0.3 is 0 Å². The largest absolute Gasteiger partial charge is 0.185 e. The fourth-order valence-corrected chi connectivity index (χ4v) is 1.46. The molecule has 0 aliphatic carbocycles. The smallest absolute Gasteiger partial charge is 0.138 e. The second kappa shape index (κ2) is 3.80. The van der Waals surface area contributed by atoms with Crippen LogP contribution in [0.25, 0.3) is 0 Å². The second-order valence-electron chi connectivity index (χ2n) is 2.10. The number of nitriles is 1. The van der Waals surface area contributed by atoms with Crippen LogP contribution < -0.4 is 0 Å². The third kappa shape index (κ3) is 2.25. The number of aryl methyl sites for hydroxylation is 1. The molecule has 0 N–H and O–H groups in total. The molecular formula is C8H6BrNS. The van der Waals surface area contributed by atoms with Crippen LogP contribution in [0.4, 0.5) is 0 Å². The minimum atomic E-state index is 0.994. The zero-order chi connectivity index (χ0) is 8.27. The summed E-state index contributed by atoms with van der Waals surface area (Å²) >= 11 is 4.57. The van der Waals surface area contributed by atoms with Crippen molar-refractivity contribution in [3.05, 3.63) is 28.2 Å². The lowest BCUT2D eigenvalue weighted by molar-refractivity contribution is 1.34. The summed E-state index contributed by atoms with van der Waals surface area (Å²) in [5, 5.41) is 10.4. The Hall–Kier alpha value is -0.460. The first-order valence-corrected chi connectivity index (χ1v) is 4.67. The molecule has 0 radical (unpaired) electrons. The summed E-state index contributed by atoms with van der Waals surface area (Å²) < 4.78 is 1.08. The van der Waals surface area contributed by atoms with Crippen molar-refractivity contribution < 1.29 is 0 Å². The molecule has 0 atom stereocenters. The summed E-state index contributed by atoms with van der Waals surface area (Å²) in [6.07, 6.45) is 0. The van der Waals surface area contributed by atoms with Crippen molar-refractivity contribution in [3.8, 4) is 5.40 Å². The van der Waals surface area contributed by atoms with E-state index in [1.54, 1.807) is 0 Å². The molecule has 1 rings (SSSR count). The Morgan fingerprint density at radius 2 is 2.27 bits per heavy atom. The van der Waals surface area contributed by atoms with Gasteiger partial charge in [0, 0.05) is 9.37 Å². The molecule has 1 nitrogen and oxygen atoms in total. The number of rotatable bonds is 1. The third-order valence-corrected chi connectivity index (χ3v) is 2.76. The first kappa shape index (κ1) is 8.63. The van der Waals surface area contributed by atoms with Crippen molar-refractivity contribution in [2.24, 2.45) is 0 Å². The van der Waals surface area contributed by atoms with Crippen LogP contribution >= 0.6 is 27.7 Å². The molecule has 0 aromatic heterocycles. The van der Waals surface area contributed by atoms with E-state index in [0.29, 0.717) is 0 Å². The van der Waals surface area contributed by atoms with E-state index < -0.39 is 0 Å². The zero-order valence-corrected chi connectivity index (χ0v) is 8.37. The minimum absolute atomic E-state index is 0.994. The van der Waals surface area contributed by atoms with Gasteiger partial charge in [0.15, 0.2) is 0 Å². The predicted molar refractivity (Wildman–Crippen MR) is 50.3 cm³/mol. The summed E-state index contributed by atoms with van der Waals surface area (Å²) in [6, 6.07) is 5.86. The van der Waals surface area contributed by atoms with Crippen LogP contribution in [-0.4, -0.2) is 0 Å². The molecule has 3 heteroatoms. The number of benzene rings is 1. The third-order valence-electron chi connectivity index (χ3n) is 1.29. The van der Waals surface area contributed by atoms with Crippen molar-refractivity contribution in [2.45, 2.75) is 11.8 Å². The Morgan fingerprint density at radius 1 is 1.55 bits per heavy atom. The molecule has 0 saturated heterocycles. The minimum Gasteiger partial charge on any atom is -0.185 e. The number of thioether (sulfide) groups is 1. The number of hydrogen-bond acceptors (Lipinski definition) is 2. The highest BCUT2D eigenvalue weighted by atomic mass is 79.9. The van der Waals surface area contributed by atoms with Gasteiger partial charge in [0.25, 0.3) is 0 Å². The molecule has 0 aliphatic rings. The van der Waals surface area contributed by atoms with Crippen LogP contribution in [0.1, 0.15) is 5.56 Å². The summed E-state index contributed by atoms with van der Waals surface area (Å²) in [5.74, 6) is 0. The fourth-order valence-electron chi connectivity index (χ4n) is 0.733. The molecule has 0 unspecified atom stereocenters. The summed E-state index contributed by atoms with van der Waals surface area (Å²) in [7, 11) is 0. The topological polar surface area (TPSA) is 23.8 Å². The van der Waals surface area contributed by atoms with Gasteiger partial charge in [0.1, 0.15) is 5.40 Å². The lowest BCUT2D eigenvalue weighted by Crippen LogP contribution is -1.75. The SMILES string of the molecule is Cc1cc(SC#N)ccc1Br. The van der Waals surface area contributed by atoms with Crippen molar-refractivity contribution in [1.29, 1.82) is 5.26 Å². The number of nitrogens with zero attached hydrogens (tertiary/aromatic N) is 1. The quantitative estimate of drug-likeness (QED) is 0.543. The van der Waals surface area contributed by atoms with Gasteiger partial charge in [0.2, 0.25) is 0 Å². The maximum atomic E-state index is 8.38. The van der Waals surface area contributed by atoms with Crippen LogP contribution in [0.2, 0.25) is 0 Å². The molecule has 0 fully saturated rings. The van der Waals surface area contributed by atoms with E-state index in [1.165, 1.54) is 11.8 Å². The maximum Gasteiger partial charge on any atom is 0.138 e. The molecule has 0 aliphatic heterocycles. The maximum absolute atomic E-state index is 8.38. The summed E-state index contributed by atoms with van der Waals surface area (Å²) in [6.45, 7) is 2.01. The summed E-state index contributed by atoms with van der Waals surface area (Å²) in [4.78, 5) is 0.994. The Kier molecular flexibility index (Phi) is 2.98. The van der Waals surface area contributed by atoms with Crippen LogP contribution in [0.5, 0.6) is 0 Å². The van der Waals surface area contributed by atoms with E-state index in [-0.39, 0.29) is 0 Å². The molecule has 0 saturated carbocycles. The number of thiocyanates is 1. The van der Waals surface area contributed by atoms with Gasteiger partial charge in [-0.3, -0.25) is 0 Å². The van der Waals surface area contributed by atoms with Crippen LogP contribution in [0.3, 0.4) is 0 Å². The second-order valence-corrected chi connectivity index (χ2v) is 3.82. The standard InChI is InChI=1S/C8H6BrNS/c1-6-4-7(11-5-10)2-3-8(6)9/h2-4H,1H3. The van der Waals surface area contributed by atoms with E-state index in [2.05, 4.69) is 15.9 Å². The Labute approximate surface area is 78.5 Å². The van der Waals surface area contributed by atoms with Crippen LogP contribution in [0, 0.1) is 17.6 Å². The molecule has 11 heavy (non-hydrogen) atoms. The Balaban J connectivity index is 2.98. The zero-order valence-electron chi connectivity index (χ0n) is 5.97. The number of halogens is 1. The van der Waals surface area contributed by atoms with Crippen LogP contribution in [0.15, 0.2) is 27.6 Å². The molecule has 56 valence electrons. The Bertz CT molecular complexity index is 303. The van der Waals surface area contributed by atoms with Crippen molar-refractivity contribution in [1.82, 2.24) is 0 Å². The highest BCUT2D eigenvalue weighted by Gasteiger charge is 1.96. The van der Waals surface area contributed by atoms with Crippen LogP contribution in [-0.2, 0) is 0 Å². The monoisotopic (exact) mass is 227 g/mol. The lowest BCUT2D eigenvalue weighted by atomic mass is 10.2. The Morgan fingerprint density at radius 3 is 2.82 bits per heavy atom. The normalized spacial score (nSPS) is 9.18. The fraction of sp³-hybridized carbons (Fsp3) is 0.125. The molecular weight excluding hydrogens is 222 g/mol.